The number of aliphatic hydroxyl groups is 1. The van der Waals surface area contributed by atoms with Crippen molar-refractivity contribution in [2.75, 3.05) is 45.7 Å². The number of nitrogens with zero attached hydrogens (tertiary/aromatic N) is 2. The number of halogens is 1. The average Bonchev–Trinajstić information content (AvgIpc) is 3.55. The summed E-state index contributed by atoms with van der Waals surface area (Å²) < 4.78 is 33.0. The van der Waals surface area contributed by atoms with E-state index in [2.05, 4.69) is 30.6 Å². The number of unbranched alkanes of at least 4 members (excludes halogenated alkanes) is 1. The van der Waals surface area contributed by atoms with Crippen molar-refractivity contribution in [2.45, 2.75) is 64.8 Å². The summed E-state index contributed by atoms with van der Waals surface area (Å²) in [4.78, 5) is 48.0. The number of amides is 3. The molecule has 2 unspecified atom stereocenters. The Labute approximate surface area is 291 Å². The van der Waals surface area contributed by atoms with Gasteiger partial charge in [-0.25, -0.2) is 4.39 Å². The number of hydrogen-bond donors (Lipinski definition) is 6. The normalized spacial score (nSPS) is 15.0. The van der Waals surface area contributed by atoms with Gasteiger partial charge in [-0.3, -0.25) is 19.4 Å². The number of aliphatic hydroxyl groups excluding tert-OH is 1. The van der Waals surface area contributed by atoms with Crippen LogP contribution in [0.5, 0.6) is 0 Å². The van der Waals surface area contributed by atoms with E-state index in [0.29, 0.717) is 80.1 Å². The average molecular weight is 720 g/mol. The van der Waals surface area contributed by atoms with Crippen molar-refractivity contribution in [2.24, 2.45) is 16.6 Å². The van der Waals surface area contributed by atoms with Gasteiger partial charge < -0.3 is 41.9 Å². The molecule has 1 aromatic heterocycles. The van der Waals surface area contributed by atoms with Gasteiger partial charge in [-0.2, -0.15) is 4.67 Å². The highest BCUT2D eigenvalue weighted by Crippen LogP contribution is 2.34. The first-order valence-corrected chi connectivity index (χ1v) is 17.5. The number of benzene rings is 1. The number of fused-ring (bicyclic) bond motifs is 1. The Hall–Kier alpha value is -4.21. The van der Waals surface area contributed by atoms with Crippen LogP contribution in [0.1, 0.15) is 66.6 Å². The van der Waals surface area contributed by atoms with Crippen LogP contribution in [0.2, 0.25) is 0 Å². The fourth-order valence-electron chi connectivity index (χ4n) is 5.68. The van der Waals surface area contributed by atoms with E-state index in [1.165, 1.54) is 18.2 Å². The number of H-pyrrole nitrogens is 1. The number of hydrogen-bond acceptors (Lipinski definition) is 9. The Kier molecular flexibility index (Phi) is 16.0. The van der Waals surface area contributed by atoms with Gasteiger partial charge in [-0.05, 0) is 81.4 Å². The molecule has 3 amide bonds. The van der Waals surface area contributed by atoms with Gasteiger partial charge in [-0.15, -0.1) is 4.52 Å². The van der Waals surface area contributed by atoms with Crippen LogP contribution in [0.15, 0.2) is 23.2 Å². The van der Waals surface area contributed by atoms with Gasteiger partial charge in [0.1, 0.15) is 18.5 Å². The maximum absolute atomic E-state index is 13.9. The third-order valence-electron chi connectivity index (χ3n) is 8.62. The van der Waals surface area contributed by atoms with E-state index >= 15 is 0 Å². The lowest BCUT2D eigenvalue weighted by Gasteiger charge is -2.21. The first kappa shape index (κ1) is 40.2. The molecule has 15 nitrogen and oxygen atoms in total. The lowest BCUT2D eigenvalue weighted by Crippen LogP contribution is -2.47. The van der Waals surface area contributed by atoms with Crippen LogP contribution in [0.25, 0.3) is 11.6 Å². The molecule has 0 saturated carbocycles. The lowest BCUT2D eigenvalue weighted by molar-refractivity contribution is -0.638. The Morgan fingerprint density at radius 1 is 1.24 bits per heavy atom. The Morgan fingerprint density at radius 3 is 2.70 bits per heavy atom. The minimum atomic E-state index is -2.76. The molecule has 2 heterocycles. The van der Waals surface area contributed by atoms with Crippen molar-refractivity contribution in [1.29, 1.82) is 0 Å². The van der Waals surface area contributed by atoms with Crippen LogP contribution in [0, 0.1) is 25.6 Å². The highest BCUT2D eigenvalue weighted by atomic mass is 31.1. The van der Waals surface area contributed by atoms with Gasteiger partial charge >= 0.3 is 8.25 Å². The maximum atomic E-state index is 13.9. The van der Waals surface area contributed by atoms with E-state index < -0.39 is 20.1 Å². The molecule has 0 saturated heterocycles. The second-order valence-corrected chi connectivity index (χ2v) is 13.0. The third kappa shape index (κ3) is 11.7. The summed E-state index contributed by atoms with van der Waals surface area (Å²) in [6, 6.07) is 3.33. The molecule has 1 aromatic carbocycles. The van der Waals surface area contributed by atoms with Crippen molar-refractivity contribution < 1.29 is 42.9 Å². The number of aromatic amines is 1. The predicted octanol–water partition coefficient (Wildman–Crippen LogP) is 2.20. The fraction of sp³-hybridized carbons (Fsp3) is 0.515. The number of anilines is 1. The largest absolute Gasteiger partial charge is 0.688 e. The van der Waals surface area contributed by atoms with Crippen molar-refractivity contribution in [1.82, 2.24) is 20.5 Å². The Morgan fingerprint density at radius 2 is 2.00 bits per heavy atom. The molecular weight excluding hydrogens is 672 g/mol. The third-order valence-corrected chi connectivity index (χ3v) is 9.10. The number of nitrogens with two attached hydrogens (primary N) is 1. The Balaban J connectivity index is 1.59. The highest BCUT2D eigenvalue weighted by Gasteiger charge is 2.26. The monoisotopic (exact) mass is 719 g/mol. The topological polar surface area (TPSA) is 224 Å². The molecule has 17 heteroatoms. The van der Waals surface area contributed by atoms with Crippen LogP contribution >= 0.6 is 8.25 Å². The number of carbonyl (C=O) groups excluding carboxylic acids is 3. The summed E-state index contributed by atoms with van der Waals surface area (Å²) in [6.45, 7) is 4.29. The smallest absolute Gasteiger partial charge is 0.672 e. The van der Waals surface area contributed by atoms with E-state index in [1.54, 1.807) is 25.1 Å². The molecule has 0 spiro atoms. The van der Waals surface area contributed by atoms with Gasteiger partial charge in [0.2, 0.25) is 11.8 Å². The van der Waals surface area contributed by atoms with Crippen LogP contribution in [-0.4, -0.2) is 85.1 Å². The van der Waals surface area contributed by atoms with Crippen molar-refractivity contribution in [3.63, 3.8) is 0 Å². The van der Waals surface area contributed by atoms with Crippen LogP contribution < -0.4 is 26.9 Å². The first-order chi connectivity index (χ1) is 23.9. The molecular formula is C33H47FN7O8P. The van der Waals surface area contributed by atoms with E-state index in [4.69, 9.17) is 10.3 Å². The molecule has 1 aliphatic heterocycles. The number of aromatic nitrogens is 1. The molecule has 3 rings (SSSR count). The summed E-state index contributed by atoms with van der Waals surface area (Å²) in [6.07, 6.45) is 4.78. The van der Waals surface area contributed by atoms with Gasteiger partial charge in [0, 0.05) is 73.3 Å². The Bertz CT molecular complexity index is 1580. The second-order valence-electron chi connectivity index (χ2n) is 12.2. The quantitative estimate of drug-likeness (QED) is 0.0223. The summed E-state index contributed by atoms with van der Waals surface area (Å²) in [5.41, 5.74) is 10.5. The molecule has 0 aliphatic carbocycles. The zero-order valence-corrected chi connectivity index (χ0v) is 29.7. The SMILES string of the molecule is CN=C(N)N(C)CCC[C@@H](NC(=O)CCc1c(C)[nH]c(/C=C2\C(=O)Nc3ccc(F)cc32)c1C)C(=O)NCCCCC(CO)CO[P+](=O)O[O-]. The number of aliphatic imine (C=N–C) groups is 1. The summed E-state index contributed by atoms with van der Waals surface area (Å²) in [7, 11) is 0.609. The zero-order valence-electron chi connectivity index (χ0n) is 28.8. The zero-order chi connectivity index (χ0) is 36.8. The second kappa shape index (κ2) is 19.8. The standard InChI is InChI=1S/C33H47FN7O8P/c1-20-24(21(2)38-29(20)17-26-25-16-23(34)10-12-27(25)40-31(26)44)11-13-30(43)39-28(9-7-15-41(4)33(35)36-3)32(45)37-14-6-5-8-22(18-42)19-48-50(47)49-46/h10,12,16-17,22,28,38,42H,5-9,11,13-15,18-19H2,1-4H3,(H5-,35,36,37,39,40,43,44,45,46)/b26-17-/t22?,28-/m1/s1. The van der Waals surface area contributed by atoms with Gasteiger partial charge in [0.15, 0.2) is 5.96 Å². The number of nitrogens with one attached hydrogen (secondary N) is 4. The summed E-state index contributed by atoms with van der Waals surface area (Å²) in [5, 5.41) is 28.1. The molecule has 3 atom stereocenters. The fourth-order valence-corrected chi connectivity index (χ4v) is 6.06. The summed E-state index contributed by atoms with van der Waals surface area (Å²) >= 11 is 0. The van der Waals surface area contributed by atoms with Crippen molar-refractivity contribution >= 4 is 49.3 Å². The van der Waals surface area contributed by atoms with E-state index in [-0.39, 0.29) is 43.3 Å². The molecule has 274 valence electrons. The molecule has 50 heavy (non-hydrogen) atoms. The predicted molar refractivity (Wildman–Crippen MR) is 185 cm³/mol. The van der Waals surface area contributed by atoms with E-state index in [1.807, 2.05) is 13.8 Å². The molecule has 7 N–H and O–H groups in total. The van der Waals surface area contributed by atoms with Crippen LogP contribution in [0.3, 0.4) is 0 Å². The number of carbonyl (C=O) groups is 3. The van der Waals surface area contributed by atoms with Crippen LogP contribution in [-0.2, 0) is 34.6 Å². The number of aryl methyl sites for hydroxylation is 1. The summed E-state index contributed by atoms with van der Waals surface area (Å²) in [5.74, 6) is -1.40. The van der Waals surface area contributed by atoms with Crippen molar-refractivity contribution in [3.05, 3.63) is 52.1 Å². The molecule has 0 fully saturated rings. The first-order valence-electron chi connectivity index (χ1n) is 16.4. The minimum absolute atomic E-state index is 0.0934. The highest BCUT2D eigenvalue weighted by molar-refractivity contribution is 7.33. The van der Waals surface area contributed by atoms with Gasteiger partial charge in [-0.1, -0.05) is 6.42 Å². The molecule has 0 radical (unpaired) electrons. The molecule has 1 aliphatic rings. The van der Waals surface area contributed by atoms with E-state index in [0.717, 1.165) is 16.8 Å². The van der Waals surface area contributed by atoms with Crippen LogP contribution in [0.4, 0.5) is 10.1 Å². The number of rotatable bonds is 20. The minimum Gasteiger partial charge on any atom is -0.672 e. The van der Waals surface area contributed by atoms with Crippen molar-refractivity contribution in [3.8, 4) is 0 Å². The van der Waals surface area contributed by atoms with Gasteiger partial charge in [0.05, 0.1) is 5.57 Å². The van der Waals surface area contributed by atoms with E-state index in [9.17, 15) is 33.7 Å². The lowest BCUT2D eigenvalue weighted by atomic mass is 10.0. The molecule has 0 bridgehead atoms. The van der Waals surface area contributed by atoms with Gasteiger partial charge in [0.25, 0.3) is 5.91 Å². The molecule has 2 aromatic rings. The maximum Gasteiger partial charge on any atom is 0.688 e. The number of guanidine groups is 1.